The summed E-state index contributed by atoms with van der Waals surface area (Å²) in [4.78, 5) is 2.71. The van der Waals surface area contributed by atoms with E-state index in [1.807, 2.05) is 6.07 Å². The Morgan fingerprint density at radius 2 is 1.63 bits per heavy atom. The van der Waals surface area contributed by atoms with Gasteiger partial charge in [-0.2, -0.15) is 0 Å². The van der Waals surface area contributed by atoms with Crippen molar-refractivity contribution in [2.45, 2.75) is 73.4 Å². The van der Waals surface area contributed by atoms with E-state index in [0.717, 1.165) is 17.6 Å². The number of benzene rings is 2. The third kappa shape index (κ3) is 2.13. The lowest BCUT2D eigenvalue weighted by molar-refractivity contribution is 0.0837. The van der Waals surface area contributed by atoms with Crippen molar-refractivity contribution in [2.75, 3.05) is 4.90 Å². The average Bonchev–Trinajstić information content (AvgIpc) is 3.02. The Morgan fingerprint density at radius 3 is 2.30 bits per heavy atom. The number of anilines is 1. The maximum atomic E-state index is 6.12. The van der Waals surface area contributed by atoms with E-state index in [0.29, 0.717) is 6.04 Å². The van der Waals surface area contributed by atoms with E-state index in [1.165, 1.54) is 22.0 Å². The summed E-state index contributed by atoms with van der Waals surface area (Å²) in [5.74, 6) is 0. The number of hydrogen-bond donors (Lipinski definition) is 0. The number of fused-ring (bicyclic) bond motifs is 3. The largest absolute Gasteiger partial charge is 0.456 e. The molecule has 2 aromatic carbocycles. The van der Waals surface area contributed by atoms with Crippen molar-refractivity contribution in [2.24, 2.45) is 10.8 Å². The number of aryl methyl sites for hydroxylation is 1. The summed E-state index contributed by atoms with van der Waals surface area (Å²) in [6.45, 7) is 19.2. The standard InChI is InChI=1S/C25H33NO/c1-9-25(8)24(6,7)23(4,5)17(3)26(25)20-15-19-18-12-10-11-13-21(18)27-22(19)14-16(20)2/h10-15,17H,9H2,1-8H3/t17-,25?/m0/s1. The van der Waals surface area contributed by atoms with Gasteiger partial charge in [-0.1, -0.05) is 52.8 Å². The Morgan fingerprint density at radius 1 is 0.963 bits per heavy atom. The van der Waals surface area contributed by atoms with Crippen LogP contribution in [0.4, 0.5) is 5.69 Å². The van der Waals surface area contributed by atoms with Crippen LogP contribution in [0, 0.1) is 17.8 Å². The van der Waals surface area contributed by atoms with Gasteiger partial charge >= 0.3 is 0 Å². The topological polar surface area (TPSA) is 16.4 Å². The van der Waals surface area contributed by atoms with E-state index in [-0.39, 0.29) is 16.4 Å². The SMILES string of the molecule is CCC1(C)N(c2cc3c(cc2C)oc2ccccc23)[C@@H](C)C(C)(C)C1(C)C. The molecule has 1 aromatic heterocycles. The van der Waals surface area contributed by atoms with Gasteiger partial charge in [0, 0.05) is 28.0 Å². The lowest BCUT2D eigenvalue weighted by Gasteiger charge is -2.47. The highest BCUT2D eigenvalue weighted by molar-refractivity contribution is 6.06. The van der Waals surface area contributed by atoms with Crippen LogP contribution in [0.2, 0.25) is 0 Å². The highest BCUT2D eigenvalue weighted by atomic mass is 16.3. The Kier molecular flexibility index (Phi) is 3.77. The highest BCUT2D eigenvalue weighted by Crippen LogP contribution is 2.61. The quantitative estimate of drug-likeness (QED) is 0.474. The molecule has 0 N–H and O–H groups in total. The number of rotatable bonds is 2. The number of hydrogen-bond acceptors (Lipinski definition) is 2. The summed E-state index contributed by atoms with van der Waals surface area (Å²) in [5, 5.41) is 2.43. The van der Waals surface area contributed by atoms with E-state index in [4.69, 9.17) is 4.42 Å². The van der Waals surface area contributed by atoms with Gasteiger partial charge in [-0.05, 0) is 61.8 Å². The van der Waals surface area contributed by atoms with Gasteiger partial charge in [-0.3, -0.25) is 0 Å². The molecule has 1 unspecified atom stereocenters. The van der Waals surface area contributed by atoms with Crippen LogP contribution in [0.5, 0.6) is 0 Å². The van der Waals surface area contributed by atoms with Crippen LogP contribution >= 0.6 is 0 Å². The summed E-state index contributed by atoms with van der Waals surface area (Å²) in [6, 6.07) is 13.4. The third-order valence-electron chi connectivity index (χ3n) is 8.56. The van der Waals surface area contributed by atoms with E-state index in [1.54, 1.807) is 0 Å². The molecule has 2 heteroatoms. The molecule has 0 aliphatic carbocycles. The van der Waals surface area contributed by atoms with Crippen molar-refractivity contribution >= 4 is 27.6 Å². The molecule has 0 spiro atoms. The van der Waals surface area contributed by atoms with Gasteiger partial charge in [0.15, 0.2) is 0 Å². The second kappa shape index (κ2) is 5.53. The first-order chi connectivity index (χ1) is 12.6. The van der Waals surface area contributed by atoms with Crippen LogP contribution < -0.4 is 4.90 Å². The maximum Gasteiger partial charge on any atom is 0.135 e. The number of furan rings is 1. The number of para-hydroxylation sites is 1. The monoisotopic (exact) mass is 363 g/mol. The summed E-state index contributed by atoms with van der Waals surface area (Å²) in [6.07, 6.45) is 1.12. The lowest BCUT2D eigenvalue weighted by Crippen LogP contribution is -2.51. The van der Waals surface area contributed by atoms with Crippen molar-refractivity contribution in [3.63, 3.8) is 0 Å². The Bertz CT molecular complexity index is 1030. The summed E-state index contributed by atoms with van der Waals surface area (Å²) in [7, 11) is 0. The summed E-state index contributed by atoms with van der Waals surface area (Å²) < 4.78 is 6.12. The van der Waals surface area contributed by atoms with Gasteiger partial charge in [0.05, 0.1) is 0 Å². The van der Waals surface area contributed by atoms with Crippen LogP contribution in [0.3, 0.4) is 0 Å². The van der Waals surface area contributed by atoms with Gasteiger partial charge in [0.2, 0.25) is 0 Å². The molecular formula is C25H33NO. The molecule has 2 heterocycles. The Hall–Kier alpha value is -1.96. The third-order valence-corrected chi connectivity index (χ3v) is 8.56. The maximum absolute atomic E-state index is 6.12. The Balaban J connectivity index is 2.00. The molecular weight excluding hydrogens is 330 g/mol. The first kappa shape index (κ1) is 18.4. The molecule has 4 rings (SSSR count). The summed E-state index contributed by atoms with van der Waals surface area (Å²) >= 11 is 0. The predicted molar refractivity (Wildman–Crippen MR) is 117 cm³/mol. The van der Waals surface area contributed by atoms with Gasteiger partial charge in [-0.25, -0.2) is 0 Å². The van der Waals surface area contributed by atoms with Crippen molar-refractivity contribution in [3.8, 4) is 0 Å². The molecule has 0 radical (unpaired) electrons. The number of nitrogens with zero attached hydrogens (tertiary/aromatic N) is 1. The first-order valence-corrected chi connectivity index (χ1v) is 10.3. The molecule has 27 heavy (non-hydrogen) atoms. The zero-order valence-electron chi connectivity index (χ0n) is 18.1. The van der Waals surface area contributed by atoms with Crippen LogP contribution in [0.15, 0.2) is 40.8 Å². The molecule has 2 atom stereocenters. The van der Waals surface area contributed by atoms with Gasteiger partial charge in [0.1, 0.15) is 11.2 Å². The molecule has 144 valence electrons. The molecule has 1 aliphatic rings. The van der Waals surface area contributed by atoms with E-state index >= 15 is 0 Å². The smallest absolute Gasteiger partial charge is 0.135 e. The van der Waals surface area contributed by atoms with Gasteiger partial charge in [0.25, 0.3) is 0 Å². The molecule has 1 aliphatic heterocycles. The van der Waals surface area contributed by atoms with Crippen LogP contribution in [0.25, 0.3) is 21.9 Å². The molecule has 1 saturated heterocycles. The zero-order chi connectivity index (χ0) is 19.8. The first-order valence-electron chi connectivity index (χ1n) is 10.3. The predicted octanol–water partition coefficient (Wildman–Crippen LogP) is 7.32. The molecule has 1 fully saturated rings. The normalized spacial score (nSPS) is 27.0. The fourth-order valence-corrected chi connectivity index (χ4v) is 5.48. The van der Waals surface area contributed by atoms with Gasteiger partial charge in [-0.15, -0.1) is 0 Å². The fraction of sp³-hybridized carbons (Fsp3) is 0.520. The zero-order valence-corrected chi connectivity index (χ0v) is 18.1. The van der Waals surface area contributed by atoms with Crippen molar-refractivity contribution in [1.29, 1.82) is 0 Å². The molecule has 0 amide bonds. The molecule has 2 nitrogen and oxygen atoms in total. The molecule has 3 aromatic rings. The minimum absolute atomic E-state index is 0.0912. The van der Waals surface area contributed by atoms with E-state index < -0.39 is 0 Å². The Labute approximate surface area is 163 Å². The highest BCUT2D eigenvalue weighted by Gasteiger charge is 2.63. The van der Waals surface area contributed by atoms with E-state index in [9.17, 15) is 0 Å². The minimum Gasteiger partial charge on any atom is -0.456 e. The van der Waals surface area contributed by atoms with Crippen molar-refractivity contribution in [1.82, 2.24) is 0 Å². The lowest BCUT2D eigenvalue weighted by atomic mass is 9.59. The second-order valence-electron chi connectivity index (χ2n) is 9.75. The van der Waals surface area contributed by atoms with Gasteiger partial charge < -0.3 is 9.32 Å². The fourth-order valence-electron chi connectivity index (χ4n) is 5.48. The summed E-state index contributed by atoms with van der Waals surface area (Å²) in [5.41, 5.74) is 5.09. The van der Waals surface area contributed by atoms with Crippen molar-refractivity contribution in [3.05, 3.63) is 42.0 Å². The average molecular weight is 364 g/mol. The molecule has 0 bridgehead atoms. The van der Waals surface area contributed by atoms with Crippen LogP contribution in [-0.2, 0) is 0 Å². The molecule has 0 saturated carbocycles. The second-order valence-corrected chi connectivity index (χ2v) is 9.75. The van der Waals surface area contributed by atoms with E-state index in [2.05, 4.69) is 90.6 Å². The van der Waals surface area contributed by atoms with Crippen LogP contribution in [0.1, 0.15) is 60.5 Å². The minimum atomic E-state index is 0.0912. The van der Waals surface area contributed by atoms with Crippen LogP contribution in [-0.4, -0.2) is 11.6 Å². The van der Waals surface area contributed by atoms with Crippen molar-refractivity contribution < 1.29 is 4.42 Å².